The van der Waals surface area contributed by atoms with Crippen molar-refractivity contribution in [2.45, 2.75) is 19.9 Å². The lowest BCUT2D eigenvalue weighted by atomic mass is 10.3. The Morgan fingerprint density at radius 3 is 2.33 bits per heavy atom. The molecular formula is C13H18N2O3. The summed E-state index contributed by atoms with van der Waals surface area (Å²) >= 11 is 0. The summed E-state index contributed by atoms with van der Waals surface area (Å²) in [6.45, 7) is 3.65. The van der Waals surface area contributed by atoms with E-state index >= 15 is 0 Å². The first-order valence-electron chi connectivity index (χ1n) is 5.80. The van der Waals surface area contributed by atoms with Gasteiger partial charge in [0.15, 0.2) is 0 Å². The number of carboxylic acids is 1. The van der Waals surface area contributed by atoms with Gasteiger partial charge in [0.25, 0.3) is 0 Å². The lowest BCUT2D eigenvalue weighted by molar-refractivity contribution is -0.139. The van der Waals surface area contributed by atoms with Gasteiger partial charge in [0.05, 0.1) is 13.1 Å². The number of benzene rings is 1. The van der Waals surface area contributed by atoms with Gasteiger partial charge in [-0.3, -0.25) is 14.5 Å². The Kier molecular flexibility index (Phi) is 5.32. The van der Waals surface area contributed by atoms with Crippen LogP contribution in [0.1, 0.15) is 13.8 Å². The van der Waals surface area contributed by atoms with Crippen molar-refractivity contribution < 1.29 is 14.7 Å². The number of carbonyl (C=O) groups is 2. The number of aliphatic carboxylic acids is 1. The predicted octanol–water partition coefficient (Wildman–Crippen LogP) is 1.42. The molecule has 0 radical (unpaired) electrons. The number of carboxylic acid groups (broad SMARTS) is 1. The molecule has 0 saturated heterocycles. The number of hydrogen-bond acceptors (Lipinski definition) is 3. The molecule has 5 nitrogen and oxygen atoms in total. The molecule has 0 aliphatic rings. The summed E-state index contributed by atoms with van der Waals surface area (Å²) in [4.78, 5) is 24.0. The van der Waals surface area contributed by atoms with Gasteiger partial charge in [-0.1, -0.05) is 18.2 Å². The summed E-state index contributed by atoms with van der Waals surface area (Å²) in [6, 6.07) is 9.09. The predicted molar refractivity (Wildman–Crippen MR) is 69.4 cm³/mol. The fourth-order valence-corrected chi connectivity index (χ4v) is 1.50. The maximum absolute atomic E-state index is 11.8. The zero-order valence-corrected chi connectivity index (χ0v) is 10.6. The minimum Gasteiger partial charge on any atom is -0.480 e. The second kappa shape index (κ2) is 6.76. The van der Waals surface area contributed by atoms with E-state index < -0.39 is 5.97 Å². The van der Waals surface area contributed by atoms with Crippen LogP contribution < -0.4 is 5.32 Å². The van der Waals surface area contributed by atoms with E-state index in [9.17, 15) is 9.59 Å². The highest BCUT2D eigenvalue weighted by Crippen LogP contribution is 2.05. The molecule has 0 saturated carbocycles. The fraction of sp³-hybridized carbons (Fsp3) is 0.385. The van der Waals surface area contributed by atoms with Crippen molar-refractivity contribution in [1.29, 1.82) is 0 Å². The Hall–Kier alpha value is -1.88. The quantitative estimate of drug-likeness (QED) is 0.801. The highest BCUT2D eigenvalue weighted by Gasteiger charge is 2.16. The lowest BCUT2D eigenvalue weighted by Crippen LogP contribution is -2.41. The van der Waals surface area contributed by atoms with Crippen molar-refractivity contribution in [3.63, 3.8) is 0 Å². The van der Waals surface area contributed by atoms with Crippen molar-refractivity contribution in [3.05, 3.63) is 30.3 Å². The monoisotopic (exact) mass is 250 g/mol. The number of nitrogens with zero attached hydrogens (tertiary/aromatic N) is 1. The zero-order valence-electron chi connectivity index (χ0n) is 10.6. The van der Waals surface area contributed by atoms with Crippen molar-refractivity contribution in [2.75, 3.05) is 18.4 Å². The van der Waals surface area contributed by atoms with Crippen LogP contribution in [0.2, 0.25) is 0 Å². The molecule has 0 heterocycles. The zero-order chi connectivity index (χ0) is 13.5. The van der Waals surface area contributed by atoms with Crippen LogP contribution in [0.4, 0.5) is 5.69 Å². The molecule has 0 spiro atoms. The van der Waals surface area contributed by atoms with Gasteiger partial charge in [0.1, 0.15) is 0 Å². The molecule has 98 valence electrons. The summed E-state index contributed by atoms with van der Waals surface area (Å²) in [5.41, 5.74) is 0.710. The number of hydrogen-bond donors (Lipinski definition) is 2. The van der Waals surface area contributed by atoms with Crippen LogP contribution in [0.25, 0.3) is 0 Å². The SMILES string of the molecule is CC(C)N(CC(=O)O)CC(=O)Nc1ccccc1. The first-order chi connectivity index (χ1) is 8.49. The van der Waals surface area contributed by atoms with Gasteiger partial charge in [0, 0.05) is 11.7 Å². The number of nitrogens with one attached hydrogen (secondary N) is 1. The number of rotatable bonds is 6. The fourth-order valence-electron chi connectivity index (χ4n) is 1.50. The molecule has 18 heavy (non-hydrogen) atoms. The Morgan fingerprint density at radius 1 is 1.22 bits per heavy atom. The molecule has 1 rings (SSSR count). The topological polar surface area (TPSA) is 69.6 Å². The number of amides is 1. The molecule has 0 aliphatic carbocycles. The van der Waals surface area contributed by atoms with E-state index in [1.165, 1.54) is 0 Å². The van der Waals surface area contributed by atoms with Crippen LogP contribution in [0.5, 0.6) is 0 Å². The van der Waals surface area contributed by atoms with Crippen molar-refractivity contribution in [2.24, 2.45) is 0 Å². The highest BCUT2D eigenvalue weighted by atomic mass is 16.4. The molecule has 1 aromatic carbocycles. The Bertz CT molecular complexity index is 404. The molecule has 5 heteroatoms. The molecule has 0 fully saturated rings. The minimum absolute atomic E-state index is 0.00243. The second-order valence-electron chi connectivity index (χ2n) is 4.31. The van der Waals surface area contributed by atoms with E-state index in [1.807, 2.05) is 32.0 Å². The third-order valence-corrected chi connectivity index (χ3v) is 2.47. The average molecular weight is 250 g/mol. The summed E-state index contributed by atoms with van der Waals surface area (Å²) in [6.07, 6.45) is 0. The van der Waals surface area contributed by atoms with Crippen LogP contribution in [0, 0.1) is 0 Å². The normalized spacial score (nSPS) is 10.7. The van der Waals surface area contributed by atoms with Gasteiger partial charge >= 0.3 is 5.97 Å². The Morgan fingerprint density at radius 2 is 1.83 bits per heavy atom. The van der Waals surface area contributed by atoms with E-state index in [2.05, 4.69) is 5.32 Å². The van der Waals surface area contributed by atoms with Crippen LogP contribution in [-0.2, 0) is 9.59 Å². The molecule has 0 aliphatic heterocycles. The van der Waals surface area contributed by atoms with E-state index in [4.69, 9.17) is 5.11 Å². The average Bonchev–Trinajstić information content (AvgIpc) is 2.28. The van der Waals surface area contributed by atoms with Gasteiger partial charge in [-0.25, -0.2) is 0 Å². The van der Waals surface area contributed by atoms with Crippen molar-refractivity contribution >= 4 is 17.6 Å². The molecule has 0 aromatic heterocycles. The first kappa shape index (κ1) is 14.2. The van der Waals surface area contributed by atoms with Crippen molar-refractivity contribution in [1.82, 2.24) is 4.90 Å². The first-order valence-corrected chi connectivity index (χ1v) is 5.80. The summed E-state index contributed by atoms with van der Waals surface area (Å²) in [7, 11) is 0. The van der Waals surface area contributed by atoms with Gasteiger partial charge in [0.2, 0.25) is 5.91 Å². The molecular weight excluding hydrogens is 232 g/mol. The maximum atomic E-state index is 11.8. The molecule has 1 amide bonds. The van der Waals surface area contributed by atoms with Crippen LogP contribution in [0.3, 0.4) is 0 Å². The van der Waals surface area contributed by atoms with E-state index in [1.54, 1.807) is 17.0 Å². The van der Waals surface area contributed by atoms with Crippen molar-refractivity contribution in [3.8, 4) is 0 Å². The number of para-hydroxylation sites is 1. The van der Waals surface area contributed by atoms with E-state index in [0.717, 1.165) is 0 Å². The molecule has 0 unspecified atom stereocenters. The summed E-state index contributed by atoms with van der Waals surface area (Å²) in [5, 5.41) is 11.5. The maximum Gasteiger partial charge on any atom is 0.317 e. The third-order valence-electron chi connectivity index (χ3n) is 2.47. The summed E-state index contributed by atoms with van der Waals surface area (Å²) < 4.78 is 0. The number of carbonyl (C=O) groups excluding carboxylic acids is 1. The van der Waals surface area contributed by atoms with Gasteiger partial charge in [-0.2, -0.15) is 0 Å². The lowest BCUT2D eigenvalue weighted by Gasteiger charge is -2.23. The van der Waals surface area contributed by atoms with Gasteiger partial charge in [-0.15, -0.1) is 0 Å². The smallest absolute Gasteiger partial charge is 0.317 e. The second-order valence-corrected chi connectivity index (χ2v) is 4.31. The standard InChI is InChI=1S/C13H18N2O3/c1-10(2)15(9-13(17)18)8-12(16)14-11-6-4-3-5-7-11/h3-7,10H,8-9H2,1-2H3,(H,14,16)(H,17,18). The molecule has 0 bridgehead atoms. The van der Waals surface area contributed by atoms with Crippen LogP contribution >= 0.6 is 0 Å². The van der Waals surface area contributed by atoms with Crippen LogP contribution in [-0.4, -0.2) is 41.0 Å². The molecule has 0 atom stereocenters. The Balaban J connectivity index is 2.54. The summed E-state index contributed by atoms with van der Waals surface area (Å²) in [5.74, 6) is -1.15. The van der Waals surface area contributed by atoms with Gasteiger partial charge < -0.3 is 10.4 Å². The number of anilines is 1. The minimum atomic E-state index is -0.934. The third kappa shape index (κ3) is 4.97. The molecule has 1 aromatic rings. The highest BCUT2D eigenvalue weighted by molar-refractivity contribution is 5.92. The van der Waals surface area contributed by atoms with E-state index in [-0.39, 0.29) is 25.0 Å². The Labute approximate surface area is 106 Å². The largest absolute Gasteiger partial charge is 0.480 e. The van der Waals surface area contributed by atoms with Gasteiger partial charge in [-0.05, 0) is 26.0 Å². The van der Waals surface area contributed by atoms with E-state index in [0.29, 0.717) is 5.69 Å². The molecule has 2 N–H and O–H groups in total. The van der Waals surface area contributed by atoms with Crippen LogP contribution in [0.15, 0.2) is 30.3 Å².